The third-order valence-corrected chi connectivity index (χ3v) is 3.44. The molecule has 0 saturated carbocycles. The molecular weight excluding hydrogens is 298 g/mol. The molecule has 0 bridgehead atoms. The summed E-state index contributed by atoms with van der Waals surface area (Å²) >= 11 is 3.48. The number of anilines is 1. The number of aromatic nitrogens is 1. The average molecular weight is 314 g/mol. The lowest BCUT2D eigenvalue weighted by Crippen LogP contribution is -2.49. The Morgan fingerprint density at radius 2 is 2.39 bits per heavy atom. The maximum atomic E-state index is 11.9. The molecule has 5 nitrogen and oxygen atoms in total. The van der Waals surface area contributed by atoms with Gasteiger partial charge in [0.05, 0.1) is 17.6 Å². The first-order chi connectivity index (χ1) is 8.59. The van der Waals surface area contributed by atoms with E-state index in [1.165, 1.54) is 0 Å². The minimum Gasteiger partial charge on any atom is -0.365 e. The van der Waals surface area contributed by atoms with Crippen molar-refractivity contribution in [3.8, 4) is 0 Å². The predicted octanol–water partition coefficient (Wildman–Crippen LogP) is 1.14. The molecule has 0 spiro atoms. The minimum absolute atomic E-state index is 0.00764. The number of rotatable bonds is 2. The lowest BCUT2D eigenvalue weighted by molar-refractivity contribution is -0.141. The number of carbonyl (C=O) groups excluding carboxylic acids is 1. The zero-order chi connectivity index (χ0) is 13.1. The first kappa shape index (κ1) is 13.3. The number of nitrogens with zero attached hydrogens (tertiary/aromatic N) is 3. The Kier molecular flexibility index (Phi) is 4.19. The quantitative estimate of drug-likeness (QED) is 0.821. The number of morpholine rings is 1. The SMILES string of the molecule is CN(C)C(=O)C1CN(c2ncccc2Br)CCO1. The van der Waals surface area contributed by atoms with Crippen LogP contribution < -0.4 is 4.90 Å². The van der Waals surface area contributed by atoms with E-state index in [4.69, 9.17) is 4.74 Å². The van der Waals surface area contributed by atoms with Gasteiger partial charge in [0.15, 0.2) is 6.10 Å². The van der Waals surface area contributed by atoms with Crippen LogP contribution in [0.25, 0.3) is 0 Å². The number of amides is 1. The molecule has 18 heavy (non-hydrogen) atoms. The fourth-order valence-corrected chi connectivity index (χ4v) is 2.39. The van der Waals surface area contributed by atoms with Gasteiger partial charge in [-0.2, -0.15) is 0 Å². The monoisotopic (exact) mass is 313 g/mol. The Labute approximate surface area is 115 Å². The minimum atomic E-state index is -0.414. The van der Waals surface area contributed by atoms with Gasteiger partial charge in [-0.1, -0.05) is 0 Å². The molecule has 2 rings (SSSR count). The van der Waals surface area contributed by atoms with E-state index in [0.29, 0.717) is 13.2 Å². The van der Waals surface area contributed by atoms with E-state index >= 15 is 0 Å². The molecule has 1 atom stereocenters. The third kappa shape index (κ3) is 2.81. The molecule has 1 aromatic heterocycles. The molecule has 0 N–H and O–H groups in total. The lowest BCUT2D eigenvalue weighted by atomic mass is 10.2. The molecule has 6 heteroatoms. The van der Waals surface area contributed by atoms with Crippen molar-refractivity contribution in [3.63, 3.8) is 0 Å². The first-order valence-corrected chi connectivity index (χ1v) is 6.57. The fourth-order valence-electron chi connectivity index (χ4n) is 1.89. The largest absolute Gasteiger partial charge is 0.365 e. The summed E-state index contributed by atoms with van der Waals surface area (Å²) in [6.07, 6.45) is 1.33. The van der Waals surface area contributed by atoms with E-state index in [1.54, 1.807) is 25.2 Å². The van der Waals surface area contributed by atoms with Crippen molar-refractivity contribution in [1.82, 2.24) is 9.88 Å². The van der Waals surface area contributed by atoms with Crippen LogP contribution in [0.1, 0.15) is 0 Å². The molecule has 1 amide bonds. The van der Waals surface area contributed by atoms with Gasteiger partial charge in [-0.25, -0.2) is 4.98 Å². The fraction of sp³-hybridized carbons (Fsp3) is 0.500. The Balaban J connectivity index is 2.12. The highest BCUT2D eigenvalue weighted by atomic mass is 79.9. The normalized spacial score (nSPS) is 19.7. The molecule has 0 aromatic carbocycles. The number of hydrogen-bond donors (Lipinski definition) is 0. The highest BCUT2D eigenvalue weighted by Gasteiger charge is 2.29. The molecular formula is C12H16BrN3O2. The number of halogens is 1. The number of hydrogen-bond acceptors (Lipinski definition) is 4. The van der Waals surface area contributed by atoms with E-state index < -0.39 is 6.10 Å². The van der Waals surface area contributed by atoms with Crippen LogP contribution in [-0.4, -0.2) is 55.7 Å². The van der Waals surface area contributed by atoms with Crippen LogP contribution in [-0.2, 0) is 9.53 Å². The number of likely N-dealkylation sites (N-methyl/N-ethyl adjacent to an activating group) is 1. The predicted molar refractivity (Wildman–Crippen MR) is 72.6 cm³/mol. The number of ether oxygens (including phenoxy) is 1. The highest BCUT2D eigenvalue weighted by Crippen LogP contribution is 2.24. The van der Waals surface area contributed by atoms with Crippen molar-refractivity contribution in [2.45, 2.75) is 6.10 Å². The Bertz CT molecular complexity index is 439. The van der Waals surface area contributed by atoms with Crippen molar-refractivity contribution >= 4 is 27.7 Å². The molecule has 0 radical (unpaired) electrons. The molecule has 1 fully saturated rings. The van der Waals surface area contributed by atoms with Gasteiger partial charge in [0.2, 0.25) is 0 Å². The molecule has 1 aromatic rings. The molecule has 2 heterocycles. The van der Waals surface area contributed by atoms with Crippen molar-refractivity contribution in [2.75, 3.05) is 38.7 Å². The number of pyridine rings is 1. The van der Waals surface area contributed by atoms with E-state index in [1.807, 2.05) is 12.1 Å². The average Bonchev–Trinajstić information content (AvgIpc) is 2.38. The summed E-state index contributed by atoms with van der Waals surface area (Å²) in [4.78, 5) is 19.9. The molecule has 1 aliphatic rings. The van der Waals surface area contributed by atoms with Crippen LogP contribution in [0.5, 0.6) is 0 Å². The smallest absolute Gasteiger partial charge is 0.253 e. The summed E-state index contributed by atoms with van der Waals surface area (Å²) in [6.45, 7) is 1.81. The maximum Gasteiger partial charge on any atom is 0.253 e. The third-order valence-electron chi connectivity index (χ3n) is 2.82. The summed E-state index contributed by atoms with van der Waals surface area (Å²) in [5.41, 5.74) is 0. The topological polar surface area (TPSA) is 45.7 Å². The Morgan fingerprint density at radius 3 is 3.06 bits per heavy atom. The van der Waals surface area contributed by atoms with Gasteiger partial charge >= 0.3 is 0 Å². The molecule has 1 unspecified atom stereocenters. The van der Waals surface area contributed by atoms with Crippen molar-refractivity contribution in [2.24, 2.45) is 0 Å². The van der Waals surface area contributed by atoms with Crippen molar-refractivity contribution in [1.29, 1.82) is 0 Å². The van der Waals surface area contributed by atoms with Crippen LogP contribution in [0.2, 0.25) is 0 Å². The zero-order valence-electron chi connectivity index (χ0n) is 10.5. The maximum absolute atomic E-state index is 11.9. The lowest BCUT2D eigenvalue weighted by Gasteiger charge is -2.34. The molecule has 1 saturated heterocycles. The van der Waals surface area contributed by atoms with Crippen molar-refractivity contribution < 1.29 is 9.53 Å². The Hall–Kier alpha value is -1.14. The van der Waals surface area contributed by atoms with E-state index in [9.17, 15) is 4.79 Å². The van der Waals surface area contributed by atoms with Crippen LogP contribution >= 0.6 is 15.9 Å². The van der Waals surface area contributed by atoms with Crippen LogP contribution in [0.15, 0.2) is 22.8 Å². The van der Waals surface area contributed by atoms with Gasteiger partial charge in [0.25, 0.3) is 5.91 Å². The van der Waals surface area contributed by atoms with Gasteiger partial charge in [0.1, 0.15) is 5.82 Å². The zero-order valence-corrected chi connectivity index (χ0v) is 12.1. The van der Waals surface area contributed by atoms with Gasteiger partial charge in [-0.15, -0.1) is 0 Å². The van der Waals surface area contributed by atoms with E-state index in [2.05, 4.69) is 25.8 Å². The van der Waals surface area contributed by atoms with Gasteiger partial charge in [-0.05, 0) is 28.1 Å². The summed E-state index contributed by atoms with van der Waals surface area (Å²) in [7, 11) is 3.47. The molecule has 98 valence electrons. The van der Waals surface area contributed by atoms with Crippen LogP contribution in [0.4, 0.5) is 5.82 Å². The van der Waals surface area contributed by atoms with Crippen molar-refractivity contribution in [3.05, 3.63) is 22.8 Å². The van der Waals surface area contributed by atoms with Crippen LogP contribution in [0, 0.1) is 0 Å². The van der Waals surface area contributed by atoms with E-state index in [-0.39, 0.29) is 5.91 Å². The van der Waals surface area contributed by atoms with Crippen LogP contribution in [0.3, 0.4) is 0 Å². The summed E-state index contributed by atoms with van der Waals surface area (Å²) in [5.74, 6) is 0.851. The van der Waals surface area contributed by atoms with E-state index in [0.717, 1.165) is 16.8 Å². The van der Waals surface area contributed by atoms with Gasteiger partial charge in [0, 0.05) is 26.8 Å². The highest BCUT2D eigenvalue weighted by molar-refractivity contribution is 9.10. The summed E-state index contributed by atoms with van der Waals surface area (Å²) < 4.78 is 6.45. The van der Waals surface area contributed by atoms with Gasteiger partial charge < -0.3 is 14.5 Å². The first-order valence-electron chi connectivity index (χ1n) is 5.78. The molecule has 1 aliphatic heterocycles. The van der Waals surface area contributed by atoms with Gasteiger partial charge in [-0.3, -0.25) is 4.79 Å². The second-order valence-corrected chi connectivity index (χ2v) is 5.20. The second kappa shape index (κ2) is 5.67. The number of carbonyl (C=O) groups is 1. The Morgan fingerprint density at radius 1 is 1.61 bits per heavy atom. The summed E-state index contributed by atoms with van der Waals surface area (Å²) in [6, 6.07) is 3.82. The molecule has 0 aliphatic carbocycles. The standard InChI is InChI=1S/C12H16BrN3O2/c1-15(2)12(17)10-8-16(6-7-18-10)11-9(13)4-3-5-14-11/h3-5,10H,6-8H2,1-2H3. The summed E-state index contributed by atoms with van der Waals surface area (Å²) in [5, 5.41) is 0. The second-order valence-electron chi connectivity index (χ2n) is 4.35.